The monoisotopic (exact) mass is 266 g/mol. The lowest BCUT2D eigenvalue weighted by Crippen LogP contribution is -2.54. The molecule has 19 heavy (non-hydrogen) atoms. The lowest BCUT2D eigenvalue weighted by atomic mass is 9.82. The van der Waals surface area contributed by atoms with E-state index < -0.39 is 11.6 Å². The van der Waals surface area contributed by atoms with Gasteiger partial charge in [0.15, 0.2) is 5.54 Å². The van der Waals surface area contributed by atoms with Crippen molar-refractivity contribution in [1.29, 1.82) is 0 Å². The molecule has 0 fully saturated rings. The molecular formula is C14H22N2O3. The minimum atomic E-state index is -0.819. The Morgan fingerprint density at radius 3 is 2.63 bits per heavy atom. The molecule has 2 aliphatic rings. The Kier molecular flexibility index (Phi) is 3.94. The number of methoxy groups -OCH3 is 2. The number of ether oxygens (including phenoxy) is 2. The van der Waals surface area contributed by atoms with Gasteiger partial charge >= 0.3 is 0 Å². The Balaban J connectivity index is 2.46. The SMILES string of the molecule is COC1=NC2(CCC=C[C@@H]2O)C(OC)=N[C@@H]1C(C)C. The quantitative estimate of drug-likeness (QED) is 0.733. The summed E-state index contributed by atoms with van der Waals surface area (Å²) in [5, 5.41) is 10.3. The molecule has 1 N–H and O–H groups in total. The average molecular weight is 266 g/mol. The van der Waals surface area contributed by atoms with Crippen LogP contribution in [-0.2, 0) is 9.47 Å². The fraction of sp³-hybridized carbons (Fsp3) is 0.714. The first-order valence-corrected chi connectivity index (χ1v) is 6.66. The molecular weight excluding hydrogens is 244 g/mol. The van der Waals surface area contributed by atoms with Gasteiger partial charge in [-0.15, -0.1) is 0 Å². The van der Waals surface area contributed by atoms with Crippen LogP contribution in [0.5, 0.6) is 0 Å². The number of aliphatic hydroxyl groups excluding tert-OH is 1. The molecule has 3 atom stereocenters. The molecule has 0 radical (unpaired) electrons. The molecule has 106 valence electrons. The van der Waals surface area contributed by atoms with Crippen LogP contribution in [0.25, 0.3) is 0 Å². The first-order chi connectivity index (χ1) is 9.05. The summed E-state index contributed by atoms with van der Waals surface area (Å²) in [7, 11) is 3.18. The van der Waals surface area contributed by atoms with Crippen LogP contribution in [-0.4, -0.2) is 48.8 Å². The van der Waals surface area contributed by atoms with E-state index in [1.165, 1.54) is 0 Å². The van der Waals surface area contributed by atoms with Crippen LogP contribution in [0.1, 0.15) is 26.7 Å². The Hall–Kier alpha value is -1.36. The second kappa shape index (κ2) is 5.33. The van der Waals surface area contributed by atoms with Crippen molar-refractivity contribution in [3.8, 4) is 0 Å². The largest absolute Gasteiger partial charge is 0.483 e. The van der Waals surface area contributed by atoms with Gasteiger partial charge in [-0.05, 0) is 18.8 Å². The molecule has 0 amide bonds. The fourth-order valence-corrected chi connectivity index (χ4v) is 2.63. The highest BCUT2D eigenvalue weighted by molar-refractivity contribution is 5.97. The molecule has 1 aliphatic heterocycles. The average Bonchev–Trinajstić information content (AvgIpc) is 2.41. The van der Waals surface area contributed by atoms with Crippen LogP contribution < -0.4 is 0 Å². The predicted octanol–water partition coefficient (Wildman–Crippen LogP) is 1.56. The Bertz CT molecular complexity index is 428. The van der Waals surface area contributed by atoms with E-state index in [0.717, 1.165) is 6.42 Å². The van der Waals surface area contributed by atoms with Gasteiger partial charge in [-0.3, -0.25) is 0 Å². The van der Waals surface area contributed by atoms with Gasteiger partial charge in [0.1, 0.15) is 12.1 Å². The summed E-state index contributed by atoms with van der Waals surface area (Å²) in [5.41, 5.74) is -0.819. The highest BCUT2D eigenvalue weighted by Gasteiger charge is 2.48. The number of aliphatic imine (C=N–C) groups is 2. The van der Waals surface area contributed by atoms with Crippen molar-refractivity contribution in [2.24, 2.45) is 15.9 Å². The van der Waals surface area contributed by atoms with Gasteiger partial charge in [-0.1, -0.05) is 26.0 Å². The molecule has 0 aromatic carbocycles. The van der Waals surface area contributed by atoms with Crippen LogP contribution in [0.15, 0.2) is 22.1 Å². The maximum absolute atomic E-state index is 10.3. The van der Waals surface area contributed by atoms with E-state index in [2.05, 4.69) is 23.8 Å². The van der Waals surface area contributed by atoms with E-state index >= 15 is 0 Å². The van der Waals surface area contributed by atoms with Gasteiger partial charge in [-0.2, -0.15) is 0 Å². The number of hydrogen-bond acceptors (Lipinski definition) is 5. The molecule has 1 unspecified atom stereocenters. The summed E-state index contributed by atoms with van der Waals surface area (Å²) in [4.78, 5) is 9.29. The maximum Gasteiger partial charge on any atom is 0.215 e. The van der Waals surface area contributed by atoms with E-state index in [1.807, 2.05) is 6.08 Å². The van der Waals surface area contributed by atoms with Crippen molar-refractivity contribution >= 4 is 11.8 Å². The van der Waals surface area contributed by atoms with Crippen molar-refractivity contribution in [1.82, 2.24) is 0 Å². The summed E-state index contributed by atoms with van der Waals surface area (Å²) < 4.78 is 10.8. The summed E-state index contributed by atoms with van der Waals surface area (Å²) in [6.45, 7) is 4.12. The van der Waals surface area contributed by atoms with Crippen LogP contribution in [0.2, 0.25) is 0 Å². The number of aliphatic hydroxyl groups is 1. The third-order valence-electron chi connectivity index (χ3n) is 3.72. The lowest BCUT2D eigenvalue weighted by molar-refractivity contribution is 0.131. The van der Waals surface area contributed by atoms with Gasteiger partial charge in [0.05, 0.1) is 14.2 Å². The van der Waals surface area contributed by atoms with Crippen LogP contribution in [0.3, 0.4) is 0 Å². The minimum Gasteiger partial charge on any atom is -0.483 e. The highest BCUT2D eigenvalue weighted by Crippen LogP contribution is 2.34. The number of nitrogens with zero attached hydrogens (tertiary/aromatic N) is 2. The molecule has 1 aliphatic carbocycles. The van der Waals surface area contributed by atoms with E-state index in [4.69, 9.17) is 9.47 Å². The molecule has 2 rings (SSSR count). The standard InChI is InChI=1S/C14H22N2O3/c1-9(2)11-12(18-3)16-14(13(15-11)19-4)8-6-5-7-10(14)17/h5,7,9-11,17H,6,8H2,1-4H3/t10-,11+,14?/m0/s1. The topological polar surface area (TPSA) is 63.4 Å². The first-order valence-electron chi connectivity index (χ1n) is 6.66. The highest BCUT2D eigenvalue weighted by atomic mass is 16.5. The van der Waals surface area contributed by atoms with Gasteiger partial charge in [0.2, 0.25) is 11.8 Å². The van der Waals surface area contributed by atoms with Crippen molar-refractivity contribution in [2.45, 2.75) is 44.4 Å². The van der Waals surface area contributed by atoms with Gasteiger partial charge in [-0.25, -0.2) is 9.98 Å². The molecule has 5 nitrogen and oxygen atoms in total. The summed E-state index contributed by atoms with van der Waals surface area (Å²) in [6, 6.07) is -0.149. The zero-order valence-electron chi connectivity index (χ0n) is 12.0. The number of hydrogen-bond donors (Lipinski definition) is 1. The van der Waals surface area contributed by atoms with Crippen molar-refractivity contribution in [3.05, 3.63) is 12.2 Å². The van der Waals surface area contributed by atoms with E-state index in [9.17, 15) is 5.11 Å². The Labute approximate surface area is 114 Å². The third-order valence-corrected chi connectivity index (χ3v) is 3.72. The summed E-state index contributed by atoms with van der Waals surface area (Å²) in [5.74, 6) is 1.34. The van der Waals surface area contributed by atoms with Crippen LogP contribution >= 0.6 is 0 Å². The van der Waals surface area contributed by atoms with Crippen molar-refractivity contribution in [2.75, 3.05) is 14.2 Å². The lowest BCUT2D eigenvalue weighted by Gasteiger charge is -2.39. The van der Waals surface area contributed by atoms with Gasteiger partial charge < -0.3 is 14.6 Å². The van der Waals surface area contributed by atoms with E-state index in [0.29, 0.717) is 18.2 Å². The molecule has 0 aromatic rings. The van der Waals surface area contributed by atoms with Crippen molar-refractivity contribution in [3.63, 3.8) is 0 Å². The number of rotatable bonds is 1. The molecule has 0 saturated carbocycles. The van der Waals surface area contributed by atoms with E-state index in [1.54, 1.807) is 20.3 Å². The zero-order valence-corrected chi connectivity index (χ0v) is 12.0. The van der Waals surface area contributed by atoms with Gasteiger partial charge in [0.25, 0.3) is 0 Å². The molecule has 1 spiro atoms. The fourth-order valence-electron chi connectivity index (χ4n) is 2.63. The normalized spacial score (nSPS) is 34.2. The molecule has 5 heteroatoms. The predicted molar refractivity (Wildman–Crippen MR) is 74.6 cm³/mol. The molecule has 0 bridgehead atoms. The first kappa shape index (κ1) is 14.1. The Morgan fingerprint density at radius 2 is 2.11 bits per heavy atom. The van der Waals surface area contributed by atoms with E-state index in [-0.39, 0.29) is 12.0 Å². The minimum absolute atomic E-state index is 0.149. The number of allylic oxidation sites excluding steroid dienone is 1. The third kappa shape index (κ3) is 2.27. The zero-order chi connectivity index (χ0) is 14.0. The smallest absolute Gasteiger partial charge is 0.215 e. The summed E-state index contributed by atoms with van der Waals surface area (Å²) >= 11 is 0. The molecule has 0 saturated heterocycles. The molecule has 0 aromatic heterocycles. The maximum atomic E-state index is 10.3. The Morgan fingerprint density at radius 1 is 1.37 bits per heavy atom. The van der Waals surface area contributed by atoms with Crippen molar-refractivity contribution < 1.29 is 14.6 Å². The second-order valence-electron chi connectivity index (χ2n) is 5.32. The second-order valence-corrected chi connectivity index (χ2v) is 5.32. The van der Waals surface area contributed by atoms with Crippen LogP contribution in [0, 0.1) is 5.92 Å². The van der Waals surface area contributed by atoms with Gasteiger partial charge in [0, 0.05) is 0 Å². The van der Waals surface area contributed by atoms with Crippen LogP contribution in [0.4, 0.5) is 0 Å². The summed E-state index contributed by atoms with van der Waals surface area (Å²) in [6.07, 6.45) is 4.50. The molecule has 1 heterocycles.